The largest absolute Gasteiger partial charge is 0.482 e. The molecule has 5 nitrogen and oxygen atoms in total. The number of carbonyl (C=O) groups excluding carboxylic acids is 1. The minimum atomic E-state index is -3.99. The normalized spacial score (nSPS) is 11.2. The summed E-state index contributed by atoms with van der Waals surface area (Å²) in [7, 11) is 1.19. The molecule has 0 fully saturated rings. The summed E-state index contributed by atoms with van der Waals surface area (Å²) < 4.78 is 27.5. The predicted octanol–water partition coefficient (Wildman–Crippen LogP) is 2.44. The molecule has 0 bridgehead atoms. The number of benzene rings is 1. The first-order valence-electron chi connectivity index (χ1n) is 5.09. The maximum absolute atomic E-state index is 11.2. The van der Waals surface area contributed by atoms with Gasteiger partial charge in [-0.15, -0.1) is 0 Å². The van der Waals surface area contributed by atoms with Crippen LogP contribution in [0.25, 0.3) is 0 Å². The standard InChI is InChI=1S/C10H10Cl3NO4S/c1-2-14-10(15)5-18-8-3-7(12)9(4-6(8)11)19(13,16)17/h3-4H,2,5H2,1H3,(H,14,15). The summed E-state index contributed by atoms with van der Waals surface area (Å²) in [6, 6.07) is 2.26. The van der Waals surface area contributed by atoms with E-state index < -0.39 is 9.05 Å². The molecule has 1 rings (SSSR count). The molecular weight excluding hydrogens is 337 g/mol. The van der Waals surface area contributed by atoms with Crippen LogP contribution in [0.4, 0.5) is 0 Å². The van der Waals surface area contributed by atoms with Crippen LogP contribution in [0.2, 0.25) is 10.0 Å². The molecule has 1 aromatic carbocycles. The highest BCUT2D eigenvalue weighted by Gasteiger charge is 2.18. The van der Waals surface area contributed by atoms with Crippen molar-refractivity contribution in [2.24, 2.45) is 0 Å². The fourth-order valence-corrected chi connectivity index (χ4v) is 2.99. The van der Waals surface area contributed by atoms with E-state index in [4.69, 9.17) is 38.6 Å². The highest BCUT2D eigenvalue weighted by atomic mass is 35.7. The second kappa shape index (κ2) is 6.65. The summed E-state index contributed by atoms with van der Waals surface area (Å²) in [5, 5.41) is 2.39. The van der Waals surface area contributed by atoms with Gasteiger partial charge in [0.05, 0.1) is 10.0 Å². The summed E-state index contributed by atoms with van der Waals surface area (Å²) in [5.74, 6) is -0.231. The first-order chi connectivity index (χ1) is 8.75. The Balaban J connectivity index is 2.94. The van der Waals surface area contributed by atoms with Gasteiger partial charge in [-0.05, 0) is 13.0 Å². The van der Waals surface area contributed by atoms with Gasteiger partial charge in [0, 0.05) is 23.3 Å². The van der Waals surface area contributed by atoms with Crippen LogP contribution in [0.3, 0.4) is 0 Å². The van der Waals surface area contributed by atoms with Crippen molar-refractivity contribution in [3.05, 3.63) is 22.2 Å². The van der Waals surface area contributed by atoms with Crippen molar-refractivity contribution in [2.75, 3.05) is 13.2 Å². The van der Waals surface area contributed by atoms with Gasteiger partial charge < -0.3 is 10.1 Å². The Morgan fingerprint density at radius 2 is 1.95 bits per heavy atom. The van der Waals surface area contributed by atoms with E-state index in [0.29, 0.717) is 6.54 Å². The van der Waals surface area contributed by atoms with Crippen LogP contribution in [0.1, 0.15) is 6.92 Å². The van der Waals surface area contributed by atoms with Gasteiger partial charge in [-0.25, -0.2) is 8.42 Å². The second-order valence-corrected chi connectivity index (χ2v) is 6.74. The minimum absolute atomic E-state index is 0.00655. The highest BCUT2D eigenvalue weighted by Crippen LogP contribution is 2.34. The third-order valence-electron chi connectivity index (χ3n) is 1.98. The van der Waals surface area contributed by atoms with Crippen molar-refractivity contribution in [3.63, 3.8) is 0 Å². The smallest absolute Gasteiger partial charge is 0.262 e. The molecule has 0 heterocycles. The molecule has 1 N–H and O–H groups in total. The van der Waals surface area contributed by atoms with E-state index in [9.17, 15) is 13.2 Å². The van der Waals surface area contributed by atoms with Gasteiger partial charge in [-0.2, -0.15) is 0 Å². The topological polar surface area (TPSA) is 72.5 Å². The number of nitrogens with one attached hydrogen (secondary N) is 1. The van der Waals surface area contributed by atoms with Crippen LogP contribution >= 0.6 is 33.9 Å². The van der Waals surface area contributed by atoms with Gasteiger partial charge in [0.25, 0.3) is 15.0 Å². The average molecular weight is 347 g/mol. The van der Waals surface area contributed by atoms with Gasteiger partial charge >= 0.3 is 0 Å². The lowest BCUT2D eigenvalue weighted by atomic mass is 10.3. The Morgan fingerprint density at radius 1 is 1.32 bits per heavy atom. The number of halogens is 3. The van der Waals surface area contributed by atoms with E-state index in [2.05, 4.69) is 5.32 Å². The molecule has 0 aliphatic carbocycles. The van der Waals surface area contributed by atoms with Crippen molar-refractivity contribution in [1.29, 1.82) is 0 Å². The first-order valence-corrected chi connectivity index (χ1v) is 8.15. The summed E-state index contributed by atoms with van der Waals surface area (Å²) in [5.41, 5.74) is 0. The van der Waals surface area contributed by atoms with Crippen LogP contribution in [0, 0.1) is 0 Å². The van der Waals surface area contributed by atoms with E-state index in [0.717, 1.165) is 6.07 Å². The van der Waals surface area contributed by atoms with Gasteiger partial charge in [0.15, 0.2) is 6.61 Å². The van der Waals surface area contributed by atoms with E-state index in [1.165, 1.54) is 6.07 Å². The van der Waals surface area contributed by atoms with E-state index >= 15 is 0 Å². The van der Waals surface area contributed by atoms with E-state index in [1.807, 2.05) is 0 Å². The lowest BCUT2D eigenvalue weighted by Crippen LogP contribution is -2.28. The van der Waals surface area contributed by atoms with Gasteiger partial charge in [-0.1, -0.05) is 23.2 Å². The molecule has 0 radical (unpaired) electrons. The minimum Gasteiger partial charge on any atom is -0.482 e. The average Bonchev–Trinajstić information content (AvgIpc) is 2.28. The number of hydrogen-bond donors (Lipinski definition) is 1. The zero-order valence-corrected chi connectivity index (χ0v) is 12.8. The van der Waals surface area contributed by atoms with Crippen molar-refractivity contribution in [1.82, 2.24) is 5.32 Å². The van der Waals surface area contributed by atoms with Crippen molar-refractivity contribution in [3.8, 4) is 5.75 Å². The van der Waals surface area contributed by atoms with E-state index in [-0.39, 0.29) is 33.2 Å². The Labute approximate surface area is 125 Å². The number of likely N-dealkylation sites (N-methyl/N-ethyl adjacent to an activating group) is 1. The summed E-state index contributed by atoms with van der Waals surface area (Å²) in [6.45, 7) is 1.98. The monoisotopic (exact) mass is 345 g/mol. The molecule has 0 aliphatic rings. The Bertz CT molecular complexity index is 589. The Hall–Kier alpha value is -0.690. The van der Waals surface area contributed by atoms with Gasteiger partial charge in [-0.3, -0.25) is 4.79 Å². The number of amides is 1. The van der Waals surface area contributed by atoms with Crippen LogP contribution in [0.5, 0.6) is 5.75 Å². The van der Waals surface area contributed by atoms with Crippen molar-refractivity contribution < 1.29 is 17.9 Å². The van der Waals surface area contributed by atoms with Crippen LogP contribution in [0.15, 0.2) is 17.0 Å². The molecule has 0 saturated carbocycles. The van der Waals surface area contributed by atoms with Gasteiger partial charge in [0.1, 0.15) is 10.6 Å². The third kappa shape index (κ3) is 4.72. The maximum Gasteiger partial charge on any atom is 0.262 e. The zero-order chi connectivity index (χ0) is 14.6. The molecule has 0 saturated heterocycles. The highest BCUT2D eigenvalue weighted by molar-refractivity contribution is 8.13. The number of hydrogen-bond acceptors (Lipinski definition) is 4. The molecule has 0 atom stereocenters. The van der Waals surface area contributed by atoms with Crippen LogP contribution < -0.4 is 10.1 Å². The molecule has 19 heavy (non-hydrogen) atoms. The Kier molecular flexibility index (Phi) is 5.73. The fourth-order valence-electron chi connectivity index (χ4n) is 1.20. The summed E-state index contributed by atoms with van der Waals surface area (Å²) in [4.78, 5) is 10.9. The van der Waals surface area contributed by atoms with Crippen LogP contribution in [-0.4, -0.2) is 27.5 Å². The third-order valence-corrected chi connectivity index (χ3v) is 4.06. The number of ether oxygens (including phenoxy) is 1. The molecule has 9 heteroatoms. The first kappa shape index (κ1) is 16.4. The quantitative estimate of drug-likeness (QED) is 0.831. The molecule has 0 unspecified atom stereocenters. The van der Waals surface area contributed by atoms with Crippen molar-refractivity contribution in [2.45, 2.75) is 11.8 Å². The van der Waals surface area contributed by atoms with Crippen molar-refractivity contribution >= 4 is 48.8 Å². The summed E-state index contributed by atoms with van der Waals surface area (Å²) in [6.07, 6.45) is 0. The second-order valence-electron chi connectivity index (χ2n) is 3.39. The van der Waals surface area contributed by atoms with Gasteiger partial charge in [0.2, 0.25) is 0 Å². The molecule has 106 valence electrons. The number of rotatable bonds is 5. The van der Waals surface area contributed by atoms with E-state index in [1.54, 1.807) is 6.92 Å². The lowest BCUT2D eigenvalue weighted by molar-refractivity contribution is -0.122. The molecule has 1 aromatic rings. The molecular formula is C10H10Cl3NO4S. The lowest BCUT2D eigenvalue weighted by Gasteiger charge is -2.10. The molecule has 0 aromatic heterocycles. The number of carbonyl (C=O) groups is 1. The molecule has 0 spiro atoms. The fraction of sp³-hybridized carbons (Fsp3) is 0.300. The molecule has 1 amide bonds. The predicted molar refractivity (Wildman–Crippen MR) is 73.7 cm³/mol. The summed E-state index contributed by atoms with van der Waals surface area (Å²) >= 11 is 11.6. The van der Waals surface area contributed by atoms with Crippen LogP contribution in [-0.2, 0) is 13.8 Å². The SMILES string of the molecule is CCNC(=O)COc1cc(Cl)c(S(=O)(=O)Cl)cc1Cl. The maximum atomic E-state index is 11.2. The Morgan fingerprint density at radius 3 is 2.47 bits per heavy atom. The molecule has 0 aliphatic heterocycles. The zero-order valence-electron chi connectivity index (χ0n) is 9.74.